The van der Waals surface area contributed by atoms with Crippen molar-refractivity contribution in [1.29, 1.82) is 0 Å². The maximum absolute atomic E-state index is 12.9. The molecule has 0 saturated carbocycles. The molecule has 12 heteroatoms. The van der Waals surface area contributed by atoms with Gasteiger partial charge in [-0.05, 0) is 54.6 Å². The van der Waals surface area contributed by atoms with Crippen LogP contribution in [-0.2, 0) is 16.8 Å². The van der Waals surface area contributed by atoms with Crippen molar-refractivity contribution in [1.82, 2.24) is 14.8 Å². The maximum atomic E-state index is 12.9. The van der Waals surface area contributed by atoms with Gasteiger partial charge in [-0.2, -0.15) is 5.10 Å². The molecule has 32 heavy (non-hydrogen) atoms. The third-order valence-electron chi connectivity index (χ3n) is 4.13. The molecular weight excluding hydrogens is 457 g/mol. The van der Waals surface area contributed by atoms with Gasteiger partial charge in [-0.1, -0.05) is 0 Å². The minimum atomic E-state index is -3.77. The lowest BCUT2D eigenvalue weighted by atomic mass is 10.3. The van der Waals surface area contributed by atoms with E-state index in [0.717, 1.165) is 0 Å². The van der Waals surface area contributed by atoms with Crippen molar-refractivity contribution in [3.05, 3.63) is 83.9 Å². The SMILES string of the molecule is O=C(Nc1ccc(S(=O)(=O)Nc2nccs2)cc1)c1ccn(COc2ccc(F)cc2)n1. The van der Waals surface area contributed by atoms with Gasteiger partial charge >= 0.3 is 0 Å². The van der Waals surface area contributed by atoms with E-state index in [2.05, 4.69) is 20.1 Å². The molecular formula is C20H16FN5O4S2. The predicted molar refractivity (Wildman–Crippen MR) is 117 cm³/mol. The van der Waals surface area contributed by atoms with Gasteiger partial charge in [0.2, 0.25) is 0 Å². The average molecular weight is 474 g/mol. The molecule has 0 aliphatic heterocycles. The topological polar surface area (TPSA) is 115 Å². The number of halogens is 1. The summed E-state index contributed by atoms with van der Waals surface area (Å²) in [5.41, 5.74) is 0.551. The highest BCUT2D eigenvalue weighted by Gasteiger charge is 2.16. The van der Waals surface area contributed by atoms with Crippen LogP contribution in [0.5, 0.6) is 5.75 Å². The van der Waals surface area contributed by atoms with Gasteiger partial charge in [0.25, 0.3) is 15.9 Å². The van der Waals surface area contributed by atoms with Gasteiger partial charge in [-0.3, -0.25) is 9.52 Å². The van der Waals surface area contributed by atoms with Crippen LogP contribution in [0.25, 0.3) is 0 Å². The van der Waals surface area contributed by atoms with Crippen molar-refractivity contribution in [3.8, 4) is 5.75 Å². The fourth-order valence-electron chi connectivity index (χ4n) is 2.59. The Morgan fingerprint density at radius 3 is 2.53 bits per heavy atom. The number of carbonyl (C=O) groups is 1. The van der Waals surface area contributed by atoms with E-state index in [4.69, 9.17) is 4.74 Å². The molecule has 4 rings (SSSR count). The summed E-state index contributed by atoms with van der Waals surface area (Å²) >= 11 is 1.17. The Kier molecular flexibility index (Phi) is 6.14. The maximum Gasteiger partial charge on any atom is 0.276 e. The number of benzene rings is 2. The number of anilines is 2. The molecule has 0 aliphatic rings. The van der Waals surface area contributed by atoms with Gasteiger partial charge in [0.1, 0.15) is 11.6 Å². The number of hydrogen-bond acceptors (Lipinski definition) is 7. The Hall–Kier alpha value is -3.77. The number of aromatic nitrogens is 3. The monoisotopic (exact) mass is 473 g/mol. The smallest absolute Gasteiger partial charge is 0.276 e. The summed E-state index contributed by atoms with van der Waals surface area (Å²) in [7, 11) is -3.77. The summed E-state index contributed by atoms with van der Waals surface area (Å²) in [5.74, 6) is -0.369. The van der Waals surface area contributed by atoms with Crippen molar-refractivity contribution in [3.63, 3.8) is 0 Å². The fourth-order valence-corrected chi connectivity index (χ4v) is 4.38. The molecule has 0 atom stereocenters. The molecule has 1 amide bonds. The normalized spacial score (nSPS) is 11.2. The second kappa shape index (κ2) is 9.16. The highest BCUT2D eigenvalue weighted by molar-refractivity contribution is 7.93. The zero-order chi connectivity index (χ0) is 22.6. The molecule has 0 unspecified atom stereocenters. The zero-order valence-electron chi connectivity index (χ0n) is 16.3. The minimum Gasteiger partial charge on any atom is -0.471 e. The van der Waals surface area contributed by atoms with E-state index in [1.807, 2.05) is 0 Å². The van der Waals surface area contributed by atoms with Crippen LogP contribution in [-0.4, -0.2) is 29.1 Å². The number of rotatable bonds is 8. The molecule has 2 aromatic carbocycles. The Bertz CT molecular complexity index is 1310. The number of amides is 1. The first kappa shape index (κ1) is 21.5. The lowest BCUT2D eigenvalue weighted by molar-refractivity contribution is 0.102. The van der Waals surface area contributed by atoms with Crippen LogP contribution in [0.2, 0.25) is 0 Å². The highest BCUT2D eigenvalue weighted by atomic mass is 32.2. The Balaban J connectivity index is 1.35. The van der Waals surface area contributed by atoms with E-state index >= 15 is 0 Å². The van der Waals surface area contributed by atoms with Gasteiger partial charge in [-0.25, -0.2) is 22.5 Å². The summed E-state index contributed by atoms with van der Waals surface area (Å²) in [6.45, 7) is 0.0393. The van der Waals surface area contributed by atoms with Crippen LogP contribution in [0.1, 0.15) is 10.5 Å². The van der Waals surface area contributed by atoms with Crippen LogP contribution in [0.3, 0.4) is 0 Å². The molecule has 0 fully saturated rings. The molecule has 2 N–H and O–H groups in total. The first-order chi connectivity index (χ1) is 15.4. The van der Waals surface area contributed by atoms with Gasteiger partial charge in [-0.15, -0.1) is 11.3 Å². The number of nitrogens with one attached hydrogen (secondary N) is 2. The fraction of sp³-hybridized carbons (Fsp3) is 0.0500. The largest absolute Gasteiger partial charge is 0.471 e. The molecule has 0 saturated heterocycles. The number of sulfonamides is 1. The molecule has 2 aromatic heterocycles. The second-order valence-corrected chi connectivity index (χ2v) is 8.97. The quantitative estimate of drug-likeness (QED) is 0.404. The third kappa shape index (κ3) is 5.28. The molecule has 0 bridgehead atoms. The summed E-state index contributed by atoms with van der Waals surface area (Å²) < 4.78 is 46.9. The lowest BCUT2D eigenvalue weighted by Crippen LogP contribution is -2.15. The molecule has 2 heterocycles. The number of ether oxygens (including phenoxy) is 1. The van der Waals surface area contributed by atoms with E-state index in [0.29, 0.717) is 11.4 Å². The van der Waals surface area contributed by atoms with E-state index in [1.54, 1.807) is 11.6 Å². The Labute approximate surface area is 186 Å². The van der Waals surface area contributed by atoms with Gasteiger partial charge in [0.05, 0.1) is 4.90 Å². The van der Waals surface area contributed by atoms with Crippen LogP contribution >= 0.6 is 11.3 Å². The first-order valence-corrected chi connectivity index (χ1v) is 11.5. The molecule has 0 aliphatic carbocycles. The van der Waals surface area contributed by atoms with Crippen molar-refractivity contribution in [2.45, 2.75) is 11.6 Å². The van der Waals surface area contributed by atoms with Crippen molar-refractivity contribution in [2.24, 2.45) is 0 Å². The van der Waals surface area contributed by atoms with Crippen molar-refractivity contribution >= 4 is 38.1 Å². The summed E-state index contributed by atoms with van der Waals surface area (Å²) in [4.78, 5) is 16.4. The van der Waals surface area contributed by atoms with Crippen molar-refractivity contribution < 1.29 is 22.3 Å². The molecule has 0 radical (unpaired) electrons. The van der Waals surface area contributed by atoms with E-state index in [-0.39, 0.29) is 28.3 Å². The average Bonchev–Trinajstić information content (AvgIpc) is 3.46. The second-order valence-electron chi connectivity index (χ2n) is 6.39. The molecule has 164 valence electrons. The first-order valence-electron chi connectivity index (χ1n) is 9.15. The predicted octanol–water partition coefficient (Wildman–Crippen LogP) is 3.57. The third-order valence-corrected chi connectivity index (χ3v) is 6.30. The van der Waals surface area contributed by atoms with E-state index in [9.17, 15) is 17.6 Å². The van der Waals surface area contributed by atoms with Gasteiger partial charge in [0.15, 0.2) is 17.6 Å². The van der Waals surface area contributed by atoms with Crippen LogP contribution < -0.4 is 14.8 Å². The summed E-state index contributed by atoms with van der Waals surface area (Å²) in [6.07, 6.45) is 3.07. The minimum absolute atomic E-state index is 0.0351. The lowest BCUT2D eigenvalue weighted by Gasteiger charge is -2.07. The standard InChI is InChI=1S/C20H16FN5O4S2/c21-14-1-5-16(6-2-14)30-13-26-11-9-18(24-26)19(27)23-15-3-7-17(8-4-15)32(28,29)25-20-22-10-12-31-20/h1-12H,13H2,(H,22,25)(H,23,27). The highest BCUT2D eigenvalue weighted by Crippen LogP contribution is 2.20. The van der Waals surface area contributed by atoms with Crippen LogP contribution in [0.15, 0.2) is 77.3 Å². The van der Waals surface area contributed by atoms with Crippen molar-refractivity contribution in [2.75, 3.05) is 10.0 Å². The van der Waals surface area contributed by atoms with E-state index < -0.39 is 15.9 Å². The molecule has 4 aromatic rings. The zero-order valence-corrected chi connectivity index (χ0v) is 17.9. The van der Waals surface area contributed by atoms with Gasteiger partial charge in [0, 0.05) is 23.5 Å². The number of thiazole rings is 1. The van der Waals surface area contributed by atoms with E-state index in [1.165, 1.54) is 76.8 Å². The number of carbonyl (C=O) groups excluding carboxylic acids is 1. The molecule has 9 nitrogen and oxygen atoms in total. The Morgan fingerprint density at radius 1 is 1.09 bits per heavy atom. The number of hydrogen-bond donors (Lipinski definition) is 2. The van der Waals surface area contributed by atoms with Crippen LogP contribution in [0.4, 0.5) is 15.2 Å². The Morgan fingerprint density at radius 2 is 1.84 bits per heavy atom. The summed E-state index contributed by atoms with van der Waals surface area (Å²) in [6, 6.07) is 12.8. The molecule has 0 spiro atoms. The van der Waals surface area contributed by atoms with Gasteiger partial charge < -0.3 is 10.1 Å². The summed E-state index contributed by atoms with van der Waals surface area (Å²) in [5, 5.41) is 8.71. The number of nitrogens with zero attached hydrogens (tertiary/aromatic N) is 3. The van der Waals surface area contributed by atoms with Crippen LogP contribution in [0, 0.1) is 5.82 Å².